The molecule has 0 saturated heterocycles. The van der Waals surface area contributed by atoms with E-state index in [1.165, 1.54) is 32.1 Å². The first-order chi connectivity index (χ1) is 8.28. The average Bonchev–Trinajstić information content (AvgIpc) is 2.27. The topological polar surface area (TPSA) is 33.3 Å². The van der Waals surface area contributed by atoms with Crippen LogP contribution in [0.5, 0.6) is 0 Å². The summed E-state index contributed by atoms with van der Waals surface area (Å²) >= 11 is 5.35. The van der Waals surface area contributed by atoms with Gasteiger partial charge in [0.05, 0.1) is 6.10 Å². The molecule has 2 fully saturated rings. The summed E-state index contributed by atoms with van der Waals surface area (Å²) in [4.78, 5) is 0. The monoisotopic (exact) mass is 256 g/mol. The third-order valence-corrected chi connectivity index (χ3v) is 4.01. The predicted molar refractivity (Wildman–Crippen MR) is 74.2 cm³/mol. The second-order valence-corrected chi connectivity index (χ2v) is 5.61. The number of rotatable bonds is 4. The van der Waals surface area contributed by atoms with E-state index in [2.05, 4.69) is 17.6 Å². The zero-order valence-electron chi connectivity index (χ0n) is 10.7. The summed E-state index contributed by atoms with van der Waals surface area (Å²) in [6.07, 6.45) is 9.27. The molecule has 0 bridgehead atoms. The van der Waals surface area contributed by atoms with Crippen molar-refractivity contribution in [3.05, 3.63) is 0 Å². The van der Waals surface area contributed by atoms with Crippen molar-refractivity contribution in [3.63, 3.8) is 0 Å². The standard InChI is InChI=1S/C13H24N2OS/c1-2-16-12-8-11(9-12)15-13(17)14-10-6-4-3-5-7-10/h10-12H,2-9H2,1H3,(H2,14,15,17). The van der Waals surface area contributed by atoms with Crippen molar-refractivity contribution in [2.75, 3.05) is 6.61 Å². The van der Waals surface area contributed by atoms with Gasteiger partial charge in [0, 0.05) is 18.7 Å². The van der Waals surface area contributed by atoms with Crippen LogP contribution < -0.4 is 10.6 Å². The molecule has 0 radical (unpaired) electrons. The Morgan fingerprint density at radius 3 is 2.41 bits per heavy atom. The minimum Gasteiger partial charge on any atom is -0.378 e. The third-order valence-electron chi connectivity index (χ3n) is 3.77. The van der Waals surface area contributed by atoms with Crippen LogP contribution in [-0.4, -0.2) is 29.9 Å². The van der Waals surface area contributed by atoms with Crippen LogP contribution in [0.3, 0.4) is 0 Å². The van der Waals surface area contributed by atoms with Crippen LogP contribution in [0.1, 0.15) is 51.9 Å². The van der Waals surface area contributed by atoms with Crippen LogP contribution in [0.25, 0.3) is 0 Å². The molecule has 2 N–H and O–H groups in total. The van der Waals surface area contributed by atoms with E-state index in [4.69, 9.17) is 17.0 Å². The Balaban J connectivity index is 1.58. The van der Waals surface area contributed by atoms with Crippen molar-refractivity contribution in [3.8, 4) is 0 Å². The molecular formula is C13H24N2OS. The molecule has 98 valence electrons. The maximum atomic E-state index is 5.54. The van der Waals surface area contributed by atoms with Gasteiger partial charge in [-0.25, -0.2) is 0 Å². The molecule has 2 aliphatic rings. The summed E-state index contributed by atoms with van der Waals surface area (Å²) in [5, 5.41) is 7.68. The second-order valence-electron chi connectivity index (χ2n) is 5.20. The van der Waals surface area contributed by atoms with Gasteiger partial charge in [0.15, 0.2) is 5.11 Å². The van der Waals surface area contributed by atoms with E-state index in [0.717, 1.165) is 24.6 Å². The molecule has 0 unspecified atom stereocenters. The molecule has 0 aromatic heterocycles. The van der Waals surface area contributed by atoms with Gasteiger partial charge in [-0.2, -0.15) is 0 Å². The fourth-order valence-electron chi connectivity index (χ4n) is 2.71. The molecule has 0 heterocycles. The van der Waals surface area contributed by atoms with Gasteiger partial charge in [-0.05, 0) is 44.8 Å². The van der Waals surface area contributed by atoms with Gasteiger partial charge >= 0.3 is 0 Å². The molecule has 2 rings (SSSR count). The lowest BCUT2D eigenvalue weighted by atomic mass is 9.89. The summed E-state index contributed by atoms with van der Waals surface area (Å²) in [7, 11) is 0. The molecular weight excluding hydrogens is 232 g/mol. The second kappa shape index (κ2) is 6.55. The SMILES string of the molecule is CCOC1CC(NC(=S)NC2CCCCC2)C1. The Kier molecular flexibility index (Phi) is 5.04. The first kappa shape index (κ1) is 13.1. The Morgan fingerprint density at radius 2 is 1.76 bits per heavy atom. The van der Waals surface area contributed by atoms with Gasteiger partial charge < -0.3 is 15.4 Å². The zero-order valence-corrected chi connectivity index (χ0v) is 11.5. The van der Waals surface area contributed by atoms with Crippen molar-refractivity contribution in [1.82, 2.24) is 10.6 Å². The largest absolute Gasteiger partial charge is 0.378 e. The molecule has 0 aliphatic heterocycles. The van der Waals surface area contributed by atoms with Crippen molar-refractivity contribution >= 4 is 17.3 Å². The van der Waals surface area contributed by atoms with E-state index in [0.29, 0.717) is 18.2 Å². The lowest BCUT2D eigenvalue weighted by Gasteiger charge is -2.36. The maximum absolute atomic E-state index is 5.54. The molecule has 0 amide bonds. The summed E-state index contributed by atoms with van der Waals surface area (Å²) < 4.78 is 5.54. The fraction of sp³-hybridized carbons (Fsp3) is 0.923. The number of ether oxygens (including phenoxy) is 1. The van der Waals surface area contributed by atoms with Crippen molar-refractivity contribution in [2.45, 2.75) is 70.1 Å². The van der Waals surface area contributed by atoms with Gasteiger partial charge in [0.2, 0.25) is 0 Å². The highest BCUT2D eigenvalue weighted by molar-refractivity contribution is 7.80. The van der Waals surface area contributed by atoms with Crippen LogP contribution >= 0.6 is 12.2 Å². The van der Waals surface area contributed by atoms with Crippen LogP contribution in [0.2, 0.25) is 0 Å². The molecule has 4 heteroatoms. The molecule has 0 atom stereocenters. The fourth-order valence-corrected chi connectivity index (χ4v) is 3.05. The summed E-state index contributed by atoms with van der Waals surface area (Å²) in [6.45, 7) is 2.87. The van der Waals surface area contributed by atoms with Gasteiger partial charge in [-0.15, -0.1) is 0 Å². The highest BCUT2D eigenvalue weighted by Gasteiger charge is 2.30. The zero-order chi connectivity index (χ0) is 12.1. The molecule has 3 nitrogen and oxygen atoms in total. The molecule has 17 heavy (non-hydrogen) atoms. The lowest BCUT2D eigenvalue weighted by Crippen LogP contribution is -2.52. The van der Waals surface area contributed by atoms with Crippen LogP contribution in [0, 0.1) is 0 Å². The van der Waals surface area contributed by atoms with E-state index in [-0.39, 0.29) is 0 Å². The summed E-state index contributed by atoms with van der Waals surface area (Å²) in [5.41, 5.74) is 0. The number of nitrogens with one attached hydrogen (secondary N) is 2. The number of hydrogen-bond donors (Lipinski definition) is 2. The minimum absolute atomic E-state index is 0.454. The summed E-state index contributed by atoms with van der Waals surface area (Å²) in [6, 6.07) is 1.13. The van der Waals surface area contributed by atoms with E-state index in [1.54, 1.807) is 0 Å². The van der Waals surface area contributed by atoms with Gasteiger partial charge in [0.25, 0.3) is 0 Å². The predicted octanol–water partition coefficient (Wildman–Crippen LogP) is 2.35. The Bertz CT molecular complexity index is 248. The first-order valence-corrected chi connectivity index (χ1v) is 7.37. The van der Waals surface area contributed by atoms with Crippen molar-refractivity contribution in [1.29, 1.82) is 0 Å². The molecule has 2 saturated carbocycles. The molecule has 2 aliphatic carbocycles. The molecule has 0 aromatic carbocycles. The quantitative estimate of drug-likeness (QED) is 0.757. The maximum Gasteiger partial charge on any atom is 0.166 e. The molecule has 0 aromatic rings. The Labute approximate surface area is 110 Å². The minimum atomic E-state index is 0.454. The van der Waals surface area contributed by atoms with Crippen molar-refractivity contribution < 1.29 is 4.74 Å². The lowest BCUT2D eigenvalue weighted by molar-refractivity contribution is -0.00567. The van der Waals surface area contributed by atoms with E-state index in [1.807, 2.05) is 0 Å². The third kappa shape index (κ3) is 4.11. The van der Waals surface area contributed by atoms with Gasteiger partial charge in [-0.1, -0.05) is 19.3 Å². The Morgan fingerprint density at radius 1 is 1.12 bits per heavy atom. The van der Waals surface area contributed by atoms with Crippen LogP contribution in [-0.2, 0) is 4.74 Å². The van der Waals surface area contributed by atoms with Crippen LogP contribution in [0.15, 0.2) is 0 Å². The highest BCUT2D eigenvalue weighted by atomic mass is 32.1. The normalized spacial score (nSPS) is 29.5. The van der Waals surface area contributed by atoms with Crippen molar-refractivity contribution in [2.24, 2.45) is 0 Å². The van der Waals surface area contributed by atoms with E-state index < -0.39 is 0 Å². The Hall–Kier alpha value is -0.350. The number of thiocarbonyl (C=S) groups is 1. The number of hydrogen-bond acceptors (Lipinski definition) is 2. The van der Waals surface area contributed by atoms with Gasteiger partial charge in [-0.3, -0.25) is 0 Å². The van der Waals surface area contributed by atoms with Gasteiger partial charge in [0.1, 0.15) is 0 Å². The summed E-state index contributed by atoms with van der Waals surface area (Å²) in [5.74, 6) is 0. The average molecular weight is 256 g/mol. The van der Waals surface area contributed by atoms with E-state index >= 15 is 0 Å². The van der Waals surface area contributed by atoms with E-state index in [9.17, 15) is 0 Å². The smallest absolute Gasteiger partial charge is 0.166 e. The molecule has 0 spiro atoms. The first-order valence-electron chi connectivity index (χ1n) is 6.96. The van der Waals surface area contributed by atoms with Crippen LogP contribution in [0.4, 0.5) is 0 Å². The highest BCUT2D eigenvalue weighted by Crippen LogP contribution is 2.23.